The van der Waals surface area contributed by atoms with Gasteiger partial charge in [-0.25, -0.2) is 4.79 Å². The van der Waals surface area contributed by atoms with E-state index in [2.05, 4.69) is 4.90 Å². The normalized spacial score (nSPS) is 15.8. The summed E-state index contributed by atoms with van der Waals surface area (Å²) in [7, 11) is 1.98. The minimum absolute atomic E-state index is 0.304. The van der Waals surface area contributed by atoms with Crippen molar-refractivity contribution in [1.29, 1.82) is 0 Å². The van der Waals surface area contributed by atoms with Crippen molar-refractivity contribution in [3.05, 3.63) is 63.9 Å². The summed E-state index contributed by atoms with van der Waals surface area (Å²) in [6, 6.07) is 9.71. The monoisotopic (exact) mass is 297 g/mol. The van der Waals surface area contributed by atoms with Crippen molar-refractivity contribution >= 4 is 11.3 Å². The van der Waals surface area contributed by atoms with E-state index in [1.54, 1.807) is 13.2 Å². The number of fused-ring (bicyclic) bond motifs is 1. The number of ether oxygens (including phenoxy) is 1. The van der Waals surface area contributed by atoms with Gasteiger partial charge in [-0.15, -0.1) is 0 Å². The number of para-hydroxylation sites is 1. The first-order chi connectivity index (χ1) is 10.6. The number of benzene rings is 1. The number of aryl methyl sites for hydroxylation is 2. The van der Waals surface area contributed by atoms with Gasteiger partial charge in [0, 0.05) is 25.2 Å². The highest BCUT2D eigenvalue weighted by Crippen LogP contribution is 2.32. The minimum Gasteiger partial charge on any atom is -0.464 e. The number of hydrogen-bond donors (Lipinski definition) is 0. The summed E-state index contributed by atoms with van der Waals surface area (Å²) < 4.78 is 11.0. The number of rotatable bonds is 2. The fourth-order valence-electron chi connectivity index (χ4n) is 2.67. The lowest BCUT2D eigenvalue weighted by atomic mass is 9.99. The SMILES string of the molecule is Cc1cc2c(c(=O)o1)/C(=C/Oc1ccccc1C)CCN2C. The van der Waals surface area contributed by atoms with E-state index in [1.165, 1.54) is 0 Å². The molecule has 3 rings (SSSR count). The largest absolute Gasteiger partial charge is 0.464 e. The van der Waals surface area contributed by atoms with Gasteiger partial charge in [-0.05, 0) is 31.9 Å². The Hall–Kier alpha value is -2.49. The van der Waals surface area contributed by atoms with Crippen molar-refractivity contribution in [3.8, 4) is 5.75 Å². The molecule has 22 heavy (non-hydrogen) atoms. The fraction of sp³-hybridized carbons (Fsp3) is 0.278. The molecule has 1 aromatic carbocycles. The molecule has 0 atom stereocenters. The molecule has 0 bridgehead atoms. The predicted molar refractivity (Wildman–Crippen MR) is 87.4 cm³/mol. The molecule has 0 saturated heterocycles. The van der Waals surface area contributed by atoms with Gasteiger partial charge in [0.15, 0.2) is 0 Å². The van der Waals surface area contributed by atoms with E-state index >= 15 is 0 Å². The molecule has 4 heteroatoms. The first kappa shape index (κ1) is 14.4. The Bertz CT molecular complexity index is 789. The molecule has 0 amide bonds. The second-order valence-electron chi connectivity index (χ2n) is 5.60. The second kappa shape index (κ2) is 5.72. The Labute approximate surface area is 129 Å². The van der Waals surface area contributed by atoms with Crippen LogP contribution in [0.2, 0.25) is 0 Å². The van der Waals surface area contributed by atoms with Gasteiger partial charge in [-0.2, -0.15) is 0 Å². The predicted octanol–water partition coefficient (Wildman–Crippen LogP) is 3.52. The summed E-state index contributed by atoms with van der Waals surface area (Å²) in [5.41, 5.74) is 3.14. The maximum absolute atomic E-state index is 12.2. The molecule has 4 nitrogen and oxygen atoms in total. The molecule has 1 aliphatic heterocycles. The van der Waals surface area contributed by atoms with Crippen LogP contribution in [0.5, 0.6) is 5.75 Å². The Morgan fingerprint density at radius 2 is 2.05 bits per heavy atom. The molecule has 2 aromatic rings. The average molecular weight is 297 g/mol. The fourth-order valence-corrected chi connectivity index (χ4v) is 2.67. The molecule has 2 heterocycles. The highest BCUT2D eigenvalue weighted by molar-refractivity contribution is 5.78. The molecular formula is C18H19NO3. The zero-order chi connectivity index (χ0) is 15.7. The van der Waals surface area contributed by atoms with Crippen LogP contribution in [0.1, 0.15) is 23.3 Å². The molecule has 0 N–H and O–H groups in total. The third-order valence-electron chi connectivity index (χ3n) is 3.92. The maximum atomic E-state index is 12.2. The van der Waals surface area contributed by atoms with E-state index in [0.717, 1.165) is 35.5 Å². The molecule has 0 aliphatic carbocycles. The second-order valence-corrected chi connectivity index (χ2v) is 5.60. The highest BCUT2D eigenvalue weighted by Gasteiger charge is 2.23. The van der Waals surface area contributed by atoms with Crippen LogP contribution < -0.4 is 15.3 Å². The van der Waals surface area contributed by atoms with Crippen LogP contribution in [0.15, 0.2) is 45.8 Å². The molecule has 1 aliphatic rings. The van der Waals surface area contributed by atoms with Gasteiger partial charge in [0.2, 0.25) is 0 Å². The number of hydrogen-bond acceptors (Lipinski definition) is 4. The lowest BCUT2D eigenvalue weighted by Crippen LogP contribution is -2.28. The summed E-state index contributed by atoms with van der Waals surface area (Å²) >= 11 is 0. The topological polar surface area (TPSA) is 42.7 Å². The van der Waals surface area contributed by atoms with Gasteiger partial charge in [0.1, 0.15) is 11.5 Å². The first-order valence-corrected chi connectivity index (χ1v) is 7.34. The van der Waals surface area contributed by atoms with Crippen molar-refractivity contribution in [1.82, 2.24) is 0 Å². The van der Waals surface area contributed by atoms with Gasteiger partial charge in [-0.1, -0.05) is 18.2 Å². The number of nitrogens with zero attached hydrogens (tertiary/aromatic N) is 1. The third kappa shape index (κ3) is 2.64. The summed E-state index contributed by atoms with van der Waals surface area (Å²) in [5, 5.41) is 0. The Balaban J connectivity index is 2.01. The van der Waals surface area contributed by atoms with E-state index in [1.807, 2.05) is 44.3 Å². The molecular weight excluding hydrogens is 278 g/mol. The van der Waals surface area contributed by atoms with Crippen LogP contribution in [0.25, 0.3) is 5.57 Å². The molecule has 1 aromatic heterocycles. The number of anilines is 1. The van der Waals surface area contributed by atoms with Crippen molar-refractivity contribution in [2.45, 2.75) is 20.3 Å². The van der Waals surface area contributed by atoms with Crippen LogP contribution in [0.4, 0.5) is 5.69 Å². The molecule has 0 radical (unpaired) electrons. The Morgan fingerprint density at radius 1 is 1.27 bits per heavy atom. The lowest BCUT2D eigenvalue weighted by Gasteiger charge is -2.28. The zero-order valence-electron chi connectivity index (χ0n) is 13.1. The van der Waals surface area contributed by atoms with Crippen LogP contribution in [0, 0.1) is 13.8 Å². The van der Waals surface area contributed by atoms with Gasteiger partial charge in [0.25, 0.3) is 0 Å². The Kier molecular flexibility index (Phi) is 3.75. The highest BCUT2D eigenvalue weighted by atomic mass is 16.5. The van der Waals surface area contributed by atoms with Crippen LogP contribution in [-0.2, 0) is 0 Å². The van der Waals surface area contributed by atoms with E-state index in [9.17, 15) is 4.79 Å². The molecule has 0 saturated carbocycles. The van der Waals surface area contributed by atoms with Crippen LogP contribution in [0.3, 0.4) is 0 Å². The maximum Gasteiger partial charge on any atom is 0.345 e. The van der Waals surface area contributed by atoms with Gasteiger partial charge < -0.3 is 14.1 Å². The van der Waals surface area contributed by atoms with Crippen molar-refractivity contribution in [2.75, 3.05) is 18.5 Å². The van der Waals surface area contributed by atoms with E-state index < -0.39 is 0 Å². The molecule has 114 valence electrons. The third-order valence-corrected chi connectivity index (χ3v) is 3.92. The first-order valence-electron chi connectivity index (χ1n) is 7.34. The molecule has 0 fully saturated rings. The van der Waals surface area contributed by atoms with E-state index in [-0.39, 0.29) is 5.63 Å². The van der Waals surface area contributed by atoms with E-state index in [4.69, 9.17) is 9.15 Å². The standard InChI is InChI=1S/C18H19NO3/c1-12-6-4-5-7-16(12)21-11-14-8-9-19(3)15-10-13(2)22-18(20)17(14)15/h4-7,10-11H,8-9H2,1-3H3/b14-11+. The summed E-state index contributed by atoms with van der Waals surface area (Å²) in [6.45, 7) is 4.63. The van der Waals surface area contributed by atoms with E-state index in [0.29, 0.717) is 11.3 Å². The molecule has 0 unspecified atom stereocenters. The summed E-state index contributed by atoms with van der Waals surface area (Å²) in [6.07, 6.45) is 2.43. The Morgan fingerprint density at radius 3 is 2.82 bits per heavy atom. The zero-order valence-corrected chi connectivity index (χ0v) is 13.1. The van der Waals surface area contributed by atoms with Gasteiger partial charge in [-0.3, -0.25) is 0 Å². The van der Waals surface area contributed by atoms with Crippen LogP contribution in [-0.4, -0.2) is 13.6 Å². The quantitative estimate of drug-likeness (QED) is 0.795. The van der Waals surface area contributed by atoms with Crippen molar-refractivity contribution in [2.24, 2.45) is 0 Å². The minimum atomic E-state index is -0.304. The lowest BCUT2D eigenvalue weighted by molar-refractivity contribution is 0.468. The molecule has 0 spiro atoms. The van der Waals surface area contributed by atoms with Crippen LogP contribution >= 0.6 is 0 Å². The smallest absolute Gasteiger partial charge is 0.345 e. The van der Waals surface area contributed by atoms with Crippen molar-refractivity contribution < 1.29 is 9.15 Å². The van der Waals surface area contributed by atoms with Crippen molar-refractivity contribution in [3.63, 3.8) is 0 Å². The summed E-state index contributed by atoms with van der Waals surface area (Å²) in [5.74, 6) is 1.42. The average Bonchev–Trinajstić information content (AvgIpc) is 2.48. The van der Waals surface area contributed by atoms with Gasteiger partial charge in [0.05, 0.1) is 17.5 Å². The summed E-state index contributed by atoms with van der Waals surface area (Å²) in [4.78, 5) is 14.3. The van der Waals surface area contributed by atoms with Gasteiger partial charge >= 0.3 is 5.63 Å².